The van der Waals surface area contributed by atoms with Crippen molar-refractivity contribution in [1.82, 2.24) is 24.6 Å². The Labute approximate surface area is 174 Å². The minimum atomic E-state index is 0.0841. The van der Waals surface area contributed by atoms with Crippen LogP contribution < -0.4 is 0 Å². The lowest BCUT2D eigenvalue weighted by atomic mass is 9.71. The molecule has 0 saturated carbocycles. The molecular formula is C22H37N5O2. The average molecular weight is 404 g/mol. The molecule has 1 unspecified atom stereocenters. The largest absolute Gasteiger partial charge is 0.381 e. The third-order valence-electron chi connectivity index (χ3n) is 7.10. The molecule has 3 aliphatic heterocycles. The van der Waals surface area contributed by atoms with Crippen LogP contribution in [0, 0.1) is 11.3 Å². The SMILES string of the molecule is CC(C)Cn1cnnc1C1CN(C(=O)CCN2CCCCC2)CC12CCOCC2. The van der Waals surface area contributed by atoms with Crippen molar-refractivity contribution in [2.75, 3.05) is 45.9 Å². The first-order valence-electron chi connectivity index (χ1n) is 11.5. The van der Waals surface area contributed by atoms with Crippen LogP contribution in [0.1, 0.15) is 64.1 Å². The molecule has 7 heteroatoms. The average Bonchev–Trinajstić information content (AvgIpc) is 3.31. The predicted molar refractivity (Wildman–Crippen MR) is 112 cm³/mol. The molecule has 0 radical (unpaired) electrons. The van der Waals surface area contributed by atoms with E-state index in [-0.39, 0.29) is 11.3 Å². The van der Waals surface area contributed by atoms with E-state index in [2.05, 4.69) is 38.4 Å². The zero-order valence-electron chi connectivity index (χ0n) is 18.2. The highest BCUT2D eigenvalue weighted by molar-refractivity contribution is 5.77. The Balaban J connectivity index is 1.47. The number of carbonyl (C=O) groups is 1. The van der Waals surface area contributed by atoms with Gasteiger partial charge in [-0.2, -0.15) is 0 Å². The molecule has 1 atom stereocenters. The maximum absolute atomic E-state index is 13.1. The first-order chi connectivity index (χ1) is 14.1. The van der Waals surface area contributed by atoms with Gasteiger partial charge in [-0.15, -0.1) is 10.2 Å². The lowest BCUT2D eigenvalue weighted by Crippen LogP contribution is -2.39. The van der Waals surface area contributed by atoms with Crippen molar-refractivity contribution in [2.45, 2.75) is 64.8 Å². The van der Waals surface area contributed by atoms with E-state index in [0.717, 1.165) is 71.1 Å². The summed E-state index contributed by atoms with van der Waals surface area (Å²) in [7, 11) is 0. The number of aromatic nitrogens is 3. The van der Waals surface area contributed by atoms with Gasteiger partial charge in [-0.1, -0.05) is 20.3 Å². The number of piperidine rings is 1. The van der Waals surface area contributed by atoms with E-state index in [0.29, 0.717) is 18.2 Å². The Morgan fingerprint density at radius 1 is 1.24 bits per heavy atom. The van der Waals surface area contributed by atoms with Crippen molar-refractivity contribution in [3.05, 3.63) is 12.2 Å². The Morgan fingerprint density at radius 2 is 2.00 bits per heavy atom. The molecule has 4 rings (SSSR count). The summed E-state index contributed by atoms with van der Waals surface area (Å²) in [6, 6.07) is 0. The van der Waals surface area contributed by atoms with E-state index >= 15 is 0 Å². The molecule has 1 spiro atoms. The van der Waals surface area contributed by atoms with Gasteiger partial charge in [-0.05, 0) is 44.7 Å². The van der Waals surface area contributed by atoms with E-state index in [4.69, 9.17) is 4.74 Å². The molecule has 162 valence electrons. The fourth-order valence-corrected chi connectivity index (χ4v) is 5.46. The third-order valence-corrected chi connectivity index (χ3v) is 7.10. The molecule has 3 saturated heterocycles. The highest BCUT2D eigenvalue weighted by atomic mass is 16.5. The van der Waals surface area contributed by atoms with Crippen LogP contribution in [-0.4, -0.2) is 76.4 Å². The minimum absolute atomic E-state index is 0.0841. The molecule has 7 nitrogen and oxygen atoms in total. The van der Waals surface area contributed by atoms with Crippen molar-refractivity contribution in [3.63, 3.8) is 0 Å². The Hall–Kier alpha value is -1.47. The van der Waals surface area contributed by atoms with Gasteiger partial charge >= 0.3 is 0 Å². The molecular weight excluding hydrogens is 366 g/mol. The van der Waals surface area contributed by atoms with E-state index in [1.165, 1.54) is 19.3 Å². The Bertz CT molecular complexity index is 676. The van der Waals surface area contributed by atoms with Crippen LogP contribution >= 0.6 is 0 Å². The summed E-state index contributed by atoms with van der Waals surface area (Å²) < 4.78 is 7.90. The minimum Gasteiger partial charge on any atom is -0.381 e. The van der Waals surface area contributed by atoms with Crippen molar-refractivity contribution < 1.29 is 9.53 Å². The van der Waals surface area contributed by atoms with Crippen LogP contribution in [-0.2, 0) is 16.1 Å². The Morgan fingerprint density at radius 3 is 2.72 bits per heavy atom. The summed E-state index contributed by atoms with van der Waals surface area (Å²) in [6.45, 7) is 11.7. The van der Waals surface area contributed by atoms with Gasteiger partial charge in [-0.25, -0.2) is 0 Å². The van der Waals surface area contributed by atoms with Crippen molar-refractivity contribution in [1.29, 1.82) is 0 Å². The summed E-state index contributed by atoms with van der Waals surface area (Å²) in [6.07, 6.45) is 8.38. The lowest BCUT2D eigenvalue weighted by molar-refractivity contribution is -0.131. The molecule has 0 aliphatic carbocycles. The molecule has 4 heterocycles. The molecule has 1 aromatic heterocycles. The normalized spacial score (nSPS) is 25.2. The number of nitrogens with zero attached hydrogens (tertiary/aromatic N) is 5. The van der Waals surface area contributed by atoms with Crippen LogP contribution in [0.25, 0.3) is 0 Å². The molecule has 0 bridgehead atoms. The highest BCUT2D eigenvalue weighted by Crippen LogP contribution is 2.49. The zero-order chi connectivity index (χ0) is 20.3. The van der Waals surface area contributed by atoms with Gasteiger partial charge in [0, 0.05) is 57.1 Å². The van der Waals surface area contributed by atoms with E-state index in [1.807, 2.05) is 6.33 Å². The van der Waals surface area contributed by atoms with Crippen molar-refractivity contribution >= 4 is 5.91 Å². The van der Waals surface area contributed by atoms with Crippen LogP contribution in [0.5, 0.6) is 0 Å². The maximum Gasteiger partial charge on any atom is 0.223 e. The van der Waals surface area contributed by atoms with Gasteiger partial charge < -0.3 is 19.1 Å². The highest BCUT2D eigenvalue weighted by Gasteiger charge is 2.50. The van der Waals surface area contributed by atoms with Crippen molar-refractivity contribution in [3.8, 4) is 0 Å². The van der Waals surface area contributed by atoms with Crippen LogP contribution in [0.2, 0.25) is 0 Å². The summed E-state index contributed by atoms with van der Waals surface area (Å²) in [5.41, 5.74) is 0.0841. The van der Waals surface area contributed by atoms with Crippen LogP contribution in [0.15, 0.2) is 6.33 Å². The number of rotatable bonds is 6. The van der Waals surface area contributed by atoms with Gasteiger partial charge in [0.2, 0.25) is 5.91 Å². The number of carbonyl (C=O) groups excluding carboxylic acids is 1. The smallest absolute Gasteiger partial charge is 0.223 e. The second kappa shape index (κ2) is 9.13. The van der Waals surface area contributed by atoms with Gasteiger partial charge in [0.05, 0.1) is 0 Å². The topological polar surface area (TPSA) is 63.5 Å². The maximum atomic E-state index is 13.1. The first kappa shape index (κ1) is 20.8. The predicted octanol–water partition coefficient (Wildman–Crippen LogP) is 2.53. The molecule has 0 N–H and O–H groups in total. The number of likely N-dealkylation sites (tertiary alicyclic amines) is 2. The molecule has 1 aromatic rings. The standard InChI is InChI=1S/C22H37N5O2/c1-18(2)14-27-17-23-24-21(27)19-15-26(16-22(19)7-12-29-13-8-22)20(28)6-11-25-9-4-3-5-10-25/h17-19H,3-16H2,1-2H3. The monoisotopic (exact) mass is 403 g/mol. The molecule has 1 amide bonds. The Kier molecular flexibility index (Phi) is 6.54. The molecule has 0 aromatic carbocycles. The summed E-state index contributed by atoms with van der Waals surface area (Å²) in [4.78, 5) is 17.7. The zero-order valence-corrected chi connectivity index (χ0v) is 18.2. The van der Waals surface area contributed by atoms with E-state index < -0.39 is 0 Å². The first-order valence-corrected chi connectivity index (χ1v) is 11.5. The van der Waals surface area contributed by atoms with Crippen molar-refractivity contribution in [2.24, 2.45) is 11.3 Å². The fourth-order valence-electron chi connectivity index (χ4n) is 5.46. The second-order valence-corrected chi connectivity index (χ2v) is 9.69. The second-order valence-electron chi connectivity index (χ2n) is 9.69. The summed E-state index contributed by atoms with van der Waals surface area (Å²) >= 11 is 0. The molecule has 29 heavy (non-hydrogen) atoms. The van der Waals surface area contributed by atoms with Gasteiger partial charge in [-0.3, -0.25) is 4.79 Å². The van der Waals surface area contributed by atoms with Crippen LogP contribution in [0.4, 0.5) is 0 Å². The molecule has 3 aliphatic rings. The number of amides is 1. The molecule has 3 fully saturated rings. The number of hydrogen-bond donors (Lipinski definition) is 0. The van der Waals surface area contributed by atoms with E-state index in [1.54, 1.807) is 0 Å². The van der Waals surface area contributed by atoms with Gasteiger partial charge in [0.1, 0.15) is 12.2 Å². The van der Waals surface area contributed by atoms with Gasteiger partial charge in [0.25, 0.3) is 0 Å². The fraction of sp³-hybridized carbons (Fsp3) is 0.864. The quantitative estimate of drug-likeness (QED) is 0.730. The van der Waals surface area contributed by atoms with E-state index in [9.17, 15) is 4.79 Å². The number of hydrogen-bond acceptors (Lipinski definition) is 5. The van der Waals surface area contributed by atoms with Gasteiger partial charge in [0.15, 0.2) is 0 Å². The van der Waals surface area contributed by atoms with Crippen LogP contribution in [0.3, 0.4) is 0 Å². The summed E-state index contributed by atoms with van der Waals surface area (Å²) in [5, 5.41) is 8.78. The number of ether oxygens (including phenoxy) is 1. The lowest BCUT2D eigenvalue weighted by Gasteiger charge is -2.37. The summed E-state index contributed by atoms with van der Waals surface area (Å²) in [5.74, 6) is 2.16. The third kappa shape index (κ3) is 4.66.